The fourth-order valence-corrected chi connectivity index (χ4v) is 1.37. The SMILES string of the molecule is CCCCC(=O)NCC(=O)NCc1ccncc1. The lowest BCUT2D eigenvalue weighted by atomic mass is 10.2. The molecule has 5 heteroatoms. The van der Waals surface area contributed by atoms with E-state index in [1.807, 2.05) is 19.1 Å². The number of hydrogen-bond acceptors (Lipinski definition) is 3. The van der Waals surface area contributed by atoms with Crippen LogP contribution in [0.25, 0.3) is 0 Å². The van der Waals surface area contributed by atoms with Crippen molar-refractivity contribution in [1.82, 2.24) is 15.6 Å². The van der Waals surface area contributed by atoms with Crippen molar-refractivity contribution < 1.29 is 9.59 Å². The number of carbonyl (C=O) groups excluding carboxylic acids is 2. The van der Waals surface area contributed by atoms with Gasteiger partial charge in [0.15, 0.2) is 0 Å². The molecule has 0 aliphatic heterocycles. The Balaban J connectivity index is 2.16. The minimum Gasteiger partial charge on any atom is -0.350 e. The molecule has 1 aromatic heterocycles. The van der Waals surface area contributed by atoms with Crippen molar-refractivity contribution in [2.45, 2.75) is 32.7 Å². The Morgan fingerprint density at radius 2 is 1.89 bits per heavy atom. The van der Waals surface area contributed by atoms with Gasteiger partial charge in [-0.1, -0.05) is 13.3 Å². The molecule has 1 aromatic rings. The molecule has 5 nitrogen and oxygen atoms in total. The van der Waals surface area contributed by atoms with Crippen LogP contribution < -0.4 is 10.6 Å². The zero-order chi connectivity index (χ0) is 13.2. The lowest BCUT2D eigenvalue weighted by molar-refractivity contribution is -0.126. The normalized spacial score (nSPS) is 9.83. The van der Waals surface area contributed by atoms with Crippen molar-refractivity contribution >= 4 is 11.8 Å². The Morgan fingerprint density at radius 1 is 1.17 bits per heavy atom. The van der Waals surface area contributed by atoms with Crippen LogP contribution in [0.4, 0.5) is 0 Å². The summed E-state index contributed by atoms with van der Waals surface area (Å²) in [4.78, 5) is 26.6. The van der Waals surface area contributed by atoms with Crippen LogP contribution in [0.15, 0.2) is 24.5 Å². The van der Waals surface area contributed by atoms with E-state index in [-0.39, 0.29) is 18.4 Å². The van der Waals surface area contributed by atoms with E-state index in [9.17, 15) is 9.59 Å². The summed E-state index contributed by atoms with van der Waals surface area (Å²) in [6.45, 7) is 2.51. The molecule has 0 radical (unpaired) electrons. The molecular formula is C13H19N3O2. The first-order chi connectivity index (χ1) is 8.72. The van der Waals surface area contributed by atoms with Crippen molar-refractivity contribution in [3.8, 4) is 0 Å². The molecule has 98 valence electrons. The highest BCUT2D eigenvalue weighted by molar-refractivity contribution is 5.84. The van der Waals surface area contributed by atoms with E-state index in [1.54, 1.807) is 12.4 Å². The van der Waals surface area contributed by atoms with Gasteiger partial charge in [-0.25, -0.2) is 0 Å². The second-order valence-corrected chi connectivity index (χ2v) is 4.01. The number of nitrogens with one attached hydrogen (secondary N) is 2. The van der Waals surface area contributed by atoms with Gasteiger partial charge in [-0.05, 0) is 24.1 Å². The summed E-state index contributed by atoms with van der Waals surface area (Å²) in [6, 6.07) is 3.67. The maximum absolute atomic E-state index is 11.5. The first-order valence-electron chi connectivity index (χ1n) is 6.14. The van der Waals surface area contributed by atoms with Gasteiger partial charge >= 0.3 is 0 Å². The molecule has 0 atom stereocenters. The molecule has 1 rings (SSSR count). The average Bonchev–Trinajstić information content (AvgIpc) is 2.41. The summed E-state index contributed by atoms with van der Waals surface area (Å²) in [5.41, 5.74) is 0.982. The lowest BCUT2D eigenvalue weighted by Gasteiger charge is -2.06. The Bertz CT molecular complexity index is 379. The maximum atomic E-state index is 11.5. The third kappa shape index (κ3) is 5.98. The quantitative estimate of drug-likeness (QED) is 0.757. The maximum Gasteiger partial charge on any atom is 0.239 e. The summed E-state index contributed by atoms with van der Waals surface area (Å²) in [5.74, 6) is -0.257. The number of carbonyl (C=O) groups is 2. The molecule has 0 spiro atoms. The van der Waals surface area contributed by atoms with Crippen molar-refractivity contribution in [2.24, 2.45) is 0 Å². The molecule has 2 amide bonds. The molecule has 0 unspecified atom stereocenters. The predicted molar refractivity (Wildman–Crippen MR) is 68.6 cm³/mol. The van der Waals surface area contributed by atoms with Crippen LogP contribution in [-0.4, -0.2) is 23.3 Å². The van der Waals surface area contributed by atoms with Gasteiger partial charge < -0.3 is 10.6 Å². The van der Waals surface area contributed by atoms with E-state index in [0.717, 1.165) is 18.4 Å². The Labute approximate surface area is 107 Å². The second-order valence-electron chi connectivity index (χ2n) is 4.01. The van der Waals surface area contributed by atoms with E-state index in [0.29, 0.717) is 13.0 Å². The van der Waals surface area contributed by atoms with Gasteiger partial charge in [0.25, 0.3) is 0 Å². The van der Waals surface area contributed by atoms with Gasteiger partial charge in [0.2, 0.25) is 11.8 Å². The van der Waals surface area contributed by atoms with E-state index in [1.165, 1.54) is 0 Å². The molecule has 0 saturated heterocycles. The lowest BCUT2D eigenvalue weighted by Crippen LogP contribution is -2.36. The van der Waals surface area contributed by atoms with Crippen LogP contribution >= 0.6 is 0 Å². The molecule has 0 bridgehead atoms. The molecule has 18 heavy (non-hydrogen) atoms. The van der Waals surface area contributed by atoms with Crippen molar-refractivity contribution in [1.29, 1.82) is 0 Å². The molecule has 0 aliphatic carbocycles. The summed E-state index contributed by atoms with van der Waals surface area (Å²) in [6.07, 6.45) is 5.66. The van der Waals surface area contributed by atoms with Gasteiger partial charge in [0, 0.05) is 25.4 Å². The summed E-state index contributed by atoms with van der Waals surface area (Å²) >= 11 is 0. The second kappa shape index (κ2) is 8.22. The van der Waals surface area contributed by atoms with Crippen LogP contribution in [0.2, 0.25) is 0 Å². The van der Waals surface area contributed by atoms with Crippen LogP contribution in [-0.2, 0) is 16.1 Å². The minimum absolute atomic E-state index is 0.0353. The number of aromatic nitrogens is 1. The molecule has 0 aromatic carbocycles. The highest BCUT2D eigenvalue weighted by Crippen LogP contribution is 1.95. The van der Waals surface area contributed by atoms with Crippen LogP contribution in [0.1, 0.15) is 31.7 Å². The number of rotatable bonds is 7. The predicted octanol–water partition coefficient (Wildman–Crippen LogP) is 1.00. The van der Waals surface area contributed by atoms with Gasteiger partial charge in [0.05, 0.1) is 6.54 Å². The number of hydrogen-bond donors (Lipinski definition) is 2. The van der Waals surface area contributed by atoms with Crippen LogP contribution in [0, 0.1) is 0 Å². The van der Waals surface area contributed by atoms with Gasteiger partial charge in [-0.3, -0.25) is 14.6 Å². The van der Waals surface area contributed by atoms with Gasteiger partial charge in [0.1, 0.15) is 0 Å². The summed E-state index contributed by atoms with van der Waals surface area (Å²) in [7, 11) is 0. The minimum atomic E-state index is -0.184. The molecular weight excluding hydrogens is 230 g/mol. The van der Waals surface area contributed by atoms with Crippen molar-refractivity contribution in [3.63, 3.8) is 0 Å². The zero-order valence-electron chi connectivity index (χ0n) is 10.6. The smallest absolute Gasteiger partial charge is 0.239 e. The standard InChI is InChI=1S/C13H19N3O2/c1-2-3-4-12(17)16-10-13(18)15-9-11-5-7-14-8-6-11/h5-8H,2-4,9-10H2,1H3,(H,15,18)(H,16,17). The van der Waals surface area contributed by atoms with Gasteiger partial charge in [-0.2, -0.15) is 0 Å². The molecule has 1 heterocycles. The molecule has 0 saturated carbocycles. The largest absolute Gasteiger partial charge is 0.350 e. The van der Waals surface area contributed by atoms with Crippen LogP contribution in [0.3, 0.4) is 0 Å². The van der Waals surface area contributed by atoms with Crippen molar-refractivity contribution in [3.05, 3.63) is 30.1 Å². The number of nitrogens with zero attached hydrogens (tertiary/aromatic N) is 1. The summed E-state index contributed by atoms with van der Waals surface area (Å²) in [5, 5.41) is 5.32. The Morgan fingerprint density at radius 3 is 2.56 bits per heavy atom. The van der Waals surface area contributed by atoms with E-state index < -0.39 is 0 Å². The fraction of sp³-hybridized carbons (Fsp3) is 0.462. The first-order valence-corrected chi connectivity index (χ1v) is 6.14. The zero-order valence-corrected chi connectivity index (χ0v) is 10.6. The number of pyridine rings is 1. The third-order valence-corrected chi connectivity index (χ3v) is 2.44. The molecule has 0 fully saturated rings. The van der Waals surface area contributed by atoms with Gasteiger partial charge in [-0.15, -0.1) is 0 Å². The number of unbranched alkanes of at least 4 members (excludes halogenated alkanes) is 1. The van der Waals surface area contributed by atoms with E-state index in [4.69, 9.17) is 0 Å². The monoisotopic (exact) mass is 249 g/mol. The Hall–Kier alpha value is -1.91. The Kier molecular flexibility index (Phi) is 6.46. The van der Waals surface area contributed by atoms with Crippen molar-refractivity contribution in [2.75, 3.05) is 6.54 Å². The fourth-order valence-electron chi connectivity index (χ4n) is 1.37. The highest BCUT2D eigenvalue weighted by Gasteiger charge is 2.04. The van der Waals surface area contributed by atoms with E-state index >= 15 is 0 Å². The van der Waals surface area contributed by atoms with E-state index in [2.05, 4.69) is 15.6 Å². The van der Waals surface area contributed by atoms with Crippen LogP contribution in [0.5, 0.6) is 0 Å². The average molecular weight is 249 g/mol. The molecule has 2 N–H and O–H groups in total. The number of amides is 2. The first kappa shape index (κ1) is 14.2. The third-order valence-electron chi connectivity index (χ3n) is 2.44. The molecule has 0 aliphatic rings. The summed E-state index contributed by atoms with van der Waals surface area (Å²) < 4.78 is 0. The highest BCUT2D eigenvalue weighted by atomic mass is 16.2. The topological polar surface area (TPSA) is 71.1 Å².